The van der Waals surface area contributed by atoms with Gasteiger partial charge in [-0.05, 0) is 55.9 Å². The number of hydrogen-bond donors (Lipinski definition) is 2. The fourth-order valence-corrected chi connectivity index (χ4v) is 4.64. The highest BCUT2D eigenvalue weighted by Crippen LogP contribution is 2.49. The highest BCUT2D eigenvalue weighted by atomic mass is 16.5. The number of benzene rings is 1. The molecule has 3 fully saturated rings. The minimum atomic E-state index is 0.347. The molecule has 3 aliphatic carbocycles. The Balaban J connectivity index is 1.13. The second kappa shape index (κ2) is 7.02. The molecule has 5 rings (SSSR count). The summed E-state index contributed by atoms with van der Waals surface area (Å²) in [6.07, 6.45) is 9.04. The van der Waals surface area contributed by atoms with Crippen LogP contribution in [-0.4, -0.2) is 28.8 Å². The lowest BCUT2D eigenvalue weighted by Crippen LogP contribution is -2.28. The van der Waals surface area contributed by atoms with Gasteiger partial charge in [0, 0.05) is 36.9 Å². The van der Waals surface area contributed by atoms with Crippen LogP contribution in [0.5, 0.6) is 0 Å². The Bertz CT molecular complexity index is 762. The Labute approximate surface area is 161 Å². The molecular weight excluding hydrogens is 336 g/mol. The zero-order valence-corrected chi connectivity index (χ0v) is 15.9. The predicted molar refractivity (Wildman–Crippen MR) is 104 cm³/mol. The van der Waals surface area contributed by atoms with Crippen molar-refractivity contribution in [2.75, 3.05) is 6.54 Å². The molecule has 27 heavy (non-hydrogen) atoms. The van der Waals surface area contributed by atoms with Crippen molar-refractivity contribution in [3.05, 3.63) is 47.6 Å². The van der Waals surface area contributed by atoms with E-state index in [9.17, 15) is 0 Å². The molecule has 0 aliphatic heterocycles. The Morgan fingerprint density at radius 2 is 1.89 bits per heavy atom. The number of hydrogen-bond acceptors (Lipinski definition) is 5. The van der Waals surface area contributed by atoms with Crippen LogP contribution >= 0.6 is 0 Å². The highest BCUT2D eigenvalue weighted by Gasteiger charge is 2.46. The number of nitrogens with one attached hydrogen (secondary N) is 1. The van der Waals surface area contributed by atoms with Crippen LogP contribution in [0, 0.1) is 5.41 Å². The van der Waals surface area contributed by atoms with Gasteiger partial charge in [0.2, 0.25) is 5.89 Å². The topological polar surface area (TPSA) is 77.0 Å². The fourth-order valence-electron chi connectivity index (χ4n) is 4.64. The summed E-state index contributed by atoms with van der Waals surface area (Å²) in [5.41, 5.74) is 7.82. The van der Waals surface area contributed by atoms with Gasteiger partial charge >= 0.3 is 0 Å². The van der Waals surface area contributed by atoms with Crippen molar-refractivity contribution in [3.63, 3.8) is 0 Å². The van der Waals surface area contributed by atoms with Crippen LogP contribution in [0.15, 0.2) is 34.9 Å². The van der Waals surface area contributed by atoms with Crippen molar-refractivity contribution in [1.29, 1.82) is 0 Å². The zero-order chi connectivity index (χ0) is 18.3. The maximum Gasteiger partial charge on any atom is 0.229 e. The Morgan fingerprint density at radius 3 is 2.63 bits per heavy atom. The molecule has 5 heteroatoms. The van der Waals surface area contributed by atoms with E-state index in [0.717, 1.165) is 50.4 Å². The third kappa shape index (κ3) is 3.94. The maximum atomic E-state index is 6.01. The summed E-state index contributed by atoms with van der Waals surface area (Å²) in [6, 6.07) is 11.9. The molecule has 5 nitrogen and oxygen atoms in total. The van der Waals surface area contributed by atoms with E-state index in [1.165, 1.54) is 24.8 Å². The van der Waals surface area contributed by atoms with E-state index < -0.39 is 0 Å². The van der Waals surface area contributed by atoms with E-state index in [-0.39, 0.29) is 0 Å². The lowest BCUT2D eigenvalue weighted by atomic mass is 9.86. The van der Waals surface area contributed by atoms with Crippen LogP contribution in [0.2, 0.25) is 0 Å². The normalized spacial score (nSPS) is 31.6. The van der Waals surface area contributed by atoms with Crippen molar-refractivity contribution in [2.45, 2.75) is 75.3 Å². The van der Waals surface area contributed by atoms with Gasteiger partial charge in [-0.1, -0.05) is 35.5 Å². The second-order valence-electron chi connectivity index (χ2n) is 9.08. The summed E-state index contributed by atoms with van der Waals surface area (Å²) < 4.78 is 5.60. The standard InChI is InChI=1S/C22H30N4O/c23-17-8-6-16(7-9-17)21-25-20(26-27-21)13-22(10-11-22)14-24-19-12-18(19)15-4-2-1-3-5-15/h1-5,16-19,24H,6-14,23H2/t16-,17-,18-,19+/m0/s1. The van der Waals surface area contributed by atoms with Gasteiger partial charge in [-0.15, -0.1) is 0 Å². The van der Waals surface area contributed by atoms with Gasteiger partial charge in [-0.2, -0.15) is 4.98 Å². The molecule has 0 saturated heterocycles. The Kier molecular flexibility index (Phi) is 4.52. The van der Waals surface area contributed by atoms with Gasteiger partial charge in [0.25, 0.3) is 0 Å². The van der Waals surface area contributed by atoms with E-state index in [4.69, 9.17) is 15.2 Å². The van der Waals surface area contributed by atoms with Crippen LogP contribution in [-0.2, 0) is 6.42 Å². The molecule has 1 aromatic heterocycles. The van der Waals surface area contributed by atoms with Gasteiger partial charge in [-0.25, -0.2) is 0 Å². The molecule has 1 heterocycles. The first-order chi connectivity index (χ1) is 13.2. The minimum absolute atomic E-state index is 0.347. The highest BCUT2D eigenvalue weighted by molar-refractivity contribution is 5.27. The molecule has 2 aromatic rings. The maximum absolute atomic E-state index is 6.01. The summed E-state index contributed by atoms with van der Waals surface area (Å²) in [7, 11) is 0. The molecule has 3 aliphatic rings. The molecule has 3 N–H and O–H groups in total. The molecule has 0 bridgehead atoms. The lowest BCUT2D eigenvalue weighted by molar-refractivity contribution is 0.298. The van der Waals surface area contributed by atoms with Gasteiger partial charge in [0.15, 0.2) is 5.82 Å². The molecule has 0 radical (unpaired) electrons. The van der Waals surface area contributed by atoms with Crippen LogP contribution in [0.4, 0.5) is 0 Å². The first-order valence-electron chi connectivity index (χ1n) is 10.6. The summed E-state index contributed by atoms with van der Waals surface area (Å²) in [5.74, 6) is 2.84. The fraction of sp³-hybridized carbons (Fsp3) is 0.636. The van der Waals surface area contributed by atoms with E-state index in [0.29, 0.717) is 29.3 Å². The number of aromatic nitrogens is 2. The van der Waals surface area contributed by atoms with Gasteiger partial charge in [-0.3, -0.25) is 0 Å². The van der Waals surface area contributed by atoms with E-state index in [1.54, 1.807) is 0 Å². The summed E-state index contributed by atoms with van der Waals surface area (Å²) in [6.45, 7) is 1.07. The van der Waals surface area contributed by atoms with Crippen LogP contribution in [0.3, 0.4) is 0 Å². The molecule has 2 atom stereocenters. The largest absolute Gasteiger partial charge is 0.339 e. The minimum Gasteiger partial charge on any atom is -0.339 e. The third-order valence-corrected chi connectivity index (χ3v) is 6.85. The van der Waals surface area contributed by atoms with Gasteiger partial charge < -0.3 is 15.6 Å². The summed E-state index contributed by atoms with van der Waals surface area (Å²) in [5, 5.41) is 8.10. The quantitative estimate of drug-likeness (QED) is 0.784. The Morgan fingerprint density at radius 1 is 1.11 bits per heavy atom. The van der Waals surface area contributed by atoms with Crippen molar-refractivity contribution >= 4 is 0 Å². The van der Waals surface area contributed by atoms with E-state index >= 15 is 0 Å². The Hall–Kier alpha value is -1.72. The van der Waals surface area contributed by atoms with Crippen molar-refractivity contribution in [3.8, 4) is 0 Å². The number of nitrogens with two attached hydrogens (primary N) is 1. The zero-order valence-electron chi connectivity index (χ0n) is 15.9. The third-order valence-electron chi connectivity index (χ3n) is 6.85. The molecule has 144 valence electrons. The van der Waals surface area contributed by atoms with E-state index in [1.807, 2.05) is 0 Å². The summed E-state index contributed by atoms with van der Waals surface area (Å²) >= 11 is 0. The first-order valence-corrected chi connectivity index (χ1v) is 10.6. The van der Waals surface area contributed by atoms with Crippen LogP contribution in [0.1, 0.15) is 74.1 Å². The molecule has 0 spiro atoms. The molecule has 0 amide bonds. The number of nitrogens with zero attached hydrogens (tertiary/aromatic N) is 2. The van der Waals surface area contributed by atoms with E-state index in [2.05, 4.69) is 40.8 Å². The molecular formula is C22H30N4O. The molecule has 3 saturated carbocycles. The van der Waals surface area contributed by atoms with Gasteiger partial charge in [0.1, 0.15) is 0 Å². The van der Waals surface area contributed by atoms with Crippen LogP contribution < -0.4 is 11.1 Å². The predicted octanol–water partition coefficient (Wildman–Crippen LogP) is 3.52. The van der Waals surface area contributed by atoms with Crippen molar-refractivity contribution < 1.29 is 4.52 Å². The lowest BCUT2D eigenvalue weighted by Gasteiger charge is -2.22. The number of rotatable bonds is 7. The van der Waals surface area contributed by atoms with Crippen LogP contribution in [0.25, 0.3) is 0 Å². The SMILES string of the molecule is N[C@H]1CC[C@H](c2nc(CC3(CN[C@@H]4C[C@H]4c4ccccc4)CC3)no2)CC1. The second-order valence-corrected chi connectivity index (χ2v) is 9.08. The summed E-state index contributed by atoms with van der Waals surface area (Å²) in [4.78, 5) is 4.74. The smallest absolute Gasteiger partial charge is 0.229 e. The van der Waals surface area contributed by atoms with Crippen molar-refractivity contribution in [2.24, 2.45) is 11.1 Å². The van der Waals surface area contributed by atoms with Gasteiger partial charge in [0.05, 0.1) is 0 Å². The van der Waals surface area contributed by atoms with Crippen molar-refractivity contribution in [1.82, 2.24) is 15.5 Å². The molecule has 1 aromatic carbocycles. The molecule has 0 unspecified atom stereocenters. The monoisotopic (exact) mass is 366 g/mol. The average molecular weight is 367 g/mol. The average Bonchev–Trinajstić information content (AvgIpc) is 3.59. The first kappa shape index (κ1) is 17.4.